The molecule has 0 saturated heterocycles. The Balaban J connectivity index is 1.80. The average molecular weight is 525 g/mol. The van der Waals surface area contributed by atoms with Gasteiger partial charge >= 0.3 is 0 Å². The molecule has 0 bridgehead atoms. The maximum Gasteiger partial charge on any atom is 0.261 e. The van der Waals surface area contributed by atoms with Gasteiger partial charge in [0.15, 0.2) is 0 Å². The van der Waals surface area contributed by atoms with Crippen molar-refractivity contribution in [2.45, 2.75) is 23.6 Å². The minimum absolute atomic E-state index is 0.0163. The molecule has 2 N–H and O–H groups in total. The van der Waals surface area contributed by atoms with Gasteiger partial charge in [0.2, 0.25) is 0 Å². The highest BCUT2D eigenvalue weighted by atomic mass is 79.9. The molecule has 10 heteroatoms. The molecular formula is C21H21BrN2O5S2. The number of halogens is 1. The van der Waals surface area contributed by atoms with Crippen LogP contribution in [0.4, 0.5) is 11.4 Å². The van der Waals surface area contributed by atoms with Gasteiger partial charge in [-0.3, -0.25) is 9.44 Å². The lowest BCUT2D eigenvalue weighted by atomic mass is 10.1. The average Bonchev–Trinajstić information content (AvgIpc) is 2.70. The third-order valence-corrected chi connectivity index (χ3v) is 7.86. The molecule has 3 aromatic rings. The number of rotatable bonds is 7. The molecule has 31 heavy (non-hydrogen) atoms. The van der Waals surface area contributed by atoms with Gasteiger partial charge in [-0.1, -0.05) is 17.7 Å². The predicted octanol–water partition coefficient (Wildman–Crippen LogP) is 4.68. The van der Waals surface area contributed by atoms with E-state index < -0.39 is 20.0 Å². The summed E-state index contributed by atoms with van der Waals surface area (Å²) < 4.78 is 61.3. The zero-order chi connectivity index (χ0) is 22.8. The summed E-state index contributed by atoms with van der Waals surface area (Å²) in [5.74, 6) is 0.504. The van der Waals surface area contributed by atoms with Gasteiger partial charge in [-0.15, -0.1) is 0 Å². The molecule has 0 heterocycles. The van der Waals surface area contributed by atoms with Crippen molar-refractivity contribution in [3.63, 3.8) is 0 Å². The van der Waals surface area contributed by atoms with Crippen LogP contribution in [0.1, 0.15) is 11.1 Å². The van der Waals surface area contributed by atoms with Crippen LogP contribution in [-0.2, 0) is 20.0 Å². The Kier molecular flexibility index (Phi) is 6.63. The van der Waals surface area contributed by atoms with Gasteiger partial charge in [-0.25, -0.2) is 16.8 Å². The first-order valence-corrected chi connectivity index (χ1v) is 12.8. The Morgan fingerprint density at radius 1 is 0.774 bits per heavy atom. The summed E-state index contributed by atoms with van der Waals surface area (Å²) in [6.45, 7) is 3.75. The Morgan fingerprint density at radius 3 is 1.97 bits per heavy atom. The number of anilines is 2. The molecule has 0 aliphatic rings. The molecule has 0 aliphatic heterocycles. The fourth-order valence-corrected chi connectivity index (χ4v) is 5.77. The monoisotopic (exact) mass is 524 g/mol. The van der Waals surface area contributed by atoms with Crippen LogP contribution in [-0.4, -0.2) is 23.9 Å². The van der Waals surface area contributed by atoms with Gasteiger partial charge < -0.3 is 4.74 Å². The number of benzene rings is 3. The highest BCUT2D eigenvalue weighted by Crippen LogP contribution is 2.28. The number of sulfonamides is 2. The molecule has 0 aromatic heterocycles. The number of hydrogen-bond donors (Lipinski definition) is 2. The van der Waals surface area contributed by atoms with Gasteiger partial charge in [-0.2, -0.15) is 0 Å². The maximum absolute atomic E-state index is 12.7. The number of nitrogens with one attached hydrogen (secondary N) is 2. The number of methoxy groups -OCH3 is 1. The van der Waals surface area contributed by atoms with E-state index in [2.05, 4.69) is 25.4 Å². The summed E-state index contributed by atoms with van der Waals surface area (Å²) in [6.07, 6.45) is 0. The van der Waals surface area contributed by atoms with Crippen molar-refractivity contribution < 1.29 is 21.6 Å². The van der Waals surface area contributed by atoms with Crippen LogP contribution in [0.5, 0.6) is 5.75 Å². The van der Waals surface area contributed by atoms with Crippen molar-refractivity contribution in [1.82, 2.24) is 0 Å². The largest absolute Gasteiger partial charge is 0.496 e. The third kappa shape index (κ3) is 5.38. The maximum atomic E-state index is 12.7. The molecule has 0 aliphatic carbocycles. The van der Waals surface area contributed by atoms with E-state index in [0.29, 0.717) is 15.9 Å². The predicted molar refractivity (Wildman–Crippen MR) is 125 cm³/mol. The summed E-state index contributed by atoms with van der Waals surface area (Å²) in [5.41, 5.74) is 2.55. The molecule has 0 radical (unpaired) electrons. The Hall–Kier alpha value is -2.56. The highest BCUT2D eigenvalue weighted by Gasteiger charge is 2.18. The highest BCUT2D eigenvalue weighted by molar-refractivity contribution is 9.10. The fourth-order valence-electron chi connectivity index (χ4n) is 2.86. The second kappa shape index (κ2) is 8.89. The van der Waals surface area contributed by atoms with E-state index in [9.17, 15) is 16.8 Å². The first-order chi connectivity index (χ1) is 14.5. The zero-order valence-corrected chi connectivity index (χ0v) is 20.2. The second-order valence-electron chi connectivity index (χ2n) is 6.85. The summed E-state index contributed by atoms with van der Waals surface area (Å²) in [6, 6.07) is 15.3. The van der Waals surface area contributed by atoms with E-state index >= 15 is 0 Å². The topological polar surface area (TPSA) is 102 Å². The molecule has 0 unspecified atom stereocenters. The van der Waals surface area contributed by atoms with Crippen LogP contribution in [0.3, 0.4) is 0 Å². The van der Waals surface area contributed by atoms with Crippen LogP contribution >= 0.6 is 15.9 Å². The molecule has 0 saturated carbocycles. The van der Waals surface area contributed by atoms with Crippen molar-refractivity contribution in [3.8, 4) is 5.75 Å². The van der Waals surface area contributed by atoms with E-state index in [-0.39, 0.29) is 15.5 Å². The minimum Gasteiger partial charge on any atom is -0.496 e. The van der Waals surface area contributed by atoms with E-state index in [4.69, 9.17) is 4.74 Å². The van der Waals surface area contributed by atoms with Crippen molar-refractivity contribution in [3.05, 3.63) is 76.3 Å². The van der Waals surface area contributed by atoms with Crippen LogP contribution < -0.4 is 14.2 Å². The van der Waals surface area contributed by atoms with E-state index in [1.54, 1.807) is 6.07 Å². The van der Waals surface area contributed by atoms with Crippen LogP contribution in [0.15, 0.2) is 74.9 Å². The molecule has 0 amide bonds. The Bertz CT molecular complexity index is 1320. The minimum atomic E-state index is -3.87. The first-order valence-electron chi connectivity index (χ1n) is 9.08. The number of aryl methyl sites for hydroxylation is 2. The molecule has 164 valence electrons. The second-order valence-corrected chi connectivity index (χ2v) is 11.1. The lowest BCUT2D eigenvalue weighted by Gasteiger charge is -2.13. The zero-order valence-electron chi connectivity index (χ0n) is 17.0. The Morgan fingerprint density at radius 2 is 1.39 bits per heavy atom. The van der Waals surface area contributed by atoms with Crippen LogP contribution in [0.25, 0.3) is 0 Å². The standard InChI is InChI=1S/C21H21BrN2O5S2/c1-14-4-10-20(15(2)12-14)24-30(25,26)17-7-5-16(6-8-17)23-31(27,28)18-9-11-21(29-3)19(22)13-18/h4-13,23-24H,1-3H3. The summed E-state index contributed by atoms with van der Waals surface area (Å²) in [4.78, 5) is 0.0519. The van der Waals surface area contributed by atoms with Gasteiger partial charge in [0.05, 0.1) is 27.1 Å². The molecule has 3 rings (SSSR count). The van der Waals surface area contributed by atoms with E-state index in [1.807, 2.05) is 26.0 Å². The molecule has 0 spiro atoms. The summed E-state index contributed by atoms with van der Waals surface area (Å²) in [7, 11) is -6.21. The van der Waals surface area contributed by atoms with Crippen molar-refractivity contribution >= 4 is 47.4 Å². The smallest absolute Gasteiger partial charge is 0.261 e. The van der Waals surface area contributed by atoms with Crippen LogP contribution in [0.2, 0.25) is 0 Å². The first kappa shape index (κ1) is 23.1. The molecule has 0 fully saturated rings. The number of ether oxygens (including phenoxy) is 1. The fraction of sp³-hybridized carbons (Fsp3) is 0.143. The lowest BCUT2D eigenvalue weighted by Crippen LogP contribution is -2.15. The van der Waals surface area contributed by atoms with Gasteiger partial charge in [-0.05, 0) is 83.9 Å². The van der Waals surface area contributed by atoms with Crippen molar-refractivity contribution in [1.29, 1.82) is 0 Å². The SMILES string of the molecule is COc1ccc(S(=O)(=O)Nc2ccc(S(=O)(=O)Nc3ccc(C)cc3C)cc2)cc1Br. The third-order valence-electron chi connectivity index (χ3n) is 4.48. The van der Waals surface area contributed by atoms with Gasteiger partial charge in [0.25, 0.3) is 20.0 Å². The molecule has 7 nitrogen and oxygen atoms in total. The van der Waals surface area contributed by atoms with Crippen molar-refractivity contribution in [2.75, 3.05) is 16.6 Å². The summed E-state index contributed by atoms with van der Waals surface area (Å²) >= 11 is 3.26. The quantitative estimate of drug-likeness (QED) is 0.467. The van der Waals surface area contributed by atoms with Gasteiger partial charge in [0, 0.05) is 5.69 Å². The lowest BCUT2D eigenvalue weighted by molar-refractivity contribution is 0.411. The Labute approximate surface area is 190 Å². The number of hydrogen-bond acceptors (Lipinski definition) is 5. The molecule has 3 aromatic carbocycles. The van der Waals surface area contributed by atoms with E-state index in [0.717, 1.165) is 11.1 Å². The van der Waals surface area contributed by atoms with Crippen LogP contribution in [0, 0.1) is 13.8 Å². The van der Waals surface area contributed by atoms with Crippen molar-refractivity contribution in [2.24, 2.45) is 0 Å². The normalized spacial score (nSPS) is 11.7. The molecular weight excluding hydrogens is 504 g/mol. The molecule has 0 atom stereocenters. The summed E-state index contributed by atoms with van der Waals surface area (Å²) in [5, 5.41) is 0. The van der Waals surface area contributed by atoms with E-state index in [1.165, 1.54) is 49.6 Å². The van der Waals surface area contributed by atoms with Gasteiger partial charge in [0.1, 0.15) is 5.75 Å².